The fraction of sp³-hybridized carbons (Fsp3) is 0.342. The quantitative estimate of drug-likeness (QED) is 0.0887. The van der Waals surface area contributed by atoms with Crippen LogP contribution in [0.3, 0.4) is 0 Å². The number of carbonyl (C=O) groups is 2. The van der Waals surface area contributed by atoms with Crippen LogP contribution in [-0.4, -0.2) is 63.8 Å². The number of para-hydroxylation sites is 1. The fourth-order valence-corrected chi connectivity index (χ4v) is 6.93. The van der Waals surface area contributed by atoms with Gasteiger partial charge in [0.15, 0.2) is 5.13 Å². The van der Waals surface area contributed by atoms with E-state index in [1.807, 2.05) is 63.4 Å². The van der Waals surface area contributed by atoms with Crippen LogP contribution < -0.4 is 26.0 Å². The number of carbonyl (C=O) groups excluding carboxylic acids is 2. The number of piperidine rings is 1. The molecule has 262 valence electrons. The largest absolute Gasteiger partial charge is 0.445 e. The summed E-state index contributed by atoms with van der Waals surface area (Å²) >= 11 is 1.24. The lowest BCUT2D eigenvalue weighted by Gasteiger charge is -2.29. The van der Waals surface area contributed by atoms with Crippen molar-refractivity contribution in [1.29, 1.82) is 0 Å². The van der Waals surface area contributed by atoms with Crippen molar-refractivity contribution in [2.24, 2.45) is 0 Å². The Morgan fingerprint density at radius 2 is 1.76 bits per heavy atom. The number of hydrogen-bond donors (Lipinski definition) is 5. The predicted octanol–water partition coefficient (Wildman–Crippen LogP) is 7.12. The number of aliphatic hydroxyl groups is 1. The van der Waals surface area contributed by atoms with Crippen LogP contribution in [0.2, 0.25) is 0 Å². The number of likely N-dealkylation sites (tertiary alicyclic amines) is 1. The molecule has 5 aromatic rings. The van der Waals surface area contributed by atoms with E-state index >= 15 is 0 Å². The number of fused-ring (bicyclic) bond motifs is 1. The molecule has 0 atom stereocenters. The molecular weight excluding hydrogens is 651 g/mol. The van der Waals surface area contributed by atoms with Crippen LogP contribution in [0.5, 0.6) is 10.8 Å². The Balaban J connectivity index is 1.09. The smallest absolute Gasteiger partial charge is 0.319 e. The highest BCUT2D eigenvalue weighted by molar-refractivity contribution is 7.17. The fourth-order valence-electron chi connectivity index (χ4n) is 6.25. The summed E-state index contributed by atoms with van der Waals surface area (Å²) in [5.74, 6) is 0.360. The second-order valence-corrected chi connectivity index (χ2v) is 13.6. The van der Waals surface area contributed by atoms with Gasteiger partial charge in [0, 0.05) is 66.3 Å². The Morgan fingerprint density at radius 3 is 2.50 bits per heavy atom. The molecule has 1 aliphatic rings. The standard InChI is InChI=1S/C38H45N7O4S/c1-4-28(5-2)41-37(48)42-29-12-15-34(26(20-29)21-39-3)49-35-22-40-38(50-35)43-36(47)25-10-13-30(14-11-25)45-24-27(32-8-6-7-9-33(32)45)23-44-18-16-31(46)17-19-44/h6-15,20,22,24,28,31,39,46H,4-5,16-19,21,23H2,1-3H3,(H,40,43,47)(H2,41,42,48). The first-order chi connectivity index (χ1) is 24.3. The molecule has 0 spiro atoms. The number of rotatable bonds is 13. The zero-order valence-electron chi connectivity index (χ0n) is 28.7. The summed E-state index contributed by atoms with van der Waals surface area (Å²) < 4.78 is 8.33. The van der Waals surface area contributed by atoms with E-state index in [1.165, 1.54) is 22.3 Å². The number of ether oxygens (including phenoxy) is 1. The van der Waals surface area contributed by atoms with Crippen molar-refractivity contribution in [2.75, 3.05) is 30.8 Å². The Kier molecular flexibility index (Phi) is 11.4. The van der Waals surface area contributed by atoms with E-state index in [1.54, 1.807) is 12.3 Å². The van der Waals surface area contributed by atoms with Gasteiger partial charge in [-0.15, -0.1) is 0 Å². The Hall–Kier alpha value is -4.75. The summed E-state index contributed by atoms with van der Waals surface area (Å²) in [4.78, 5) is 32.4. The van der Waals surface area contributed by atoms with Gasteiger partial charge in [-0.1, -0.05) is 43.4 Å². The lowest BCUT2D eigenvalue weighted by molar-refractivity contribution is 0.0794. The van der Waals surface area contributed by atoms with Crippen molar-refractivity contribution in [3.05, 3.63) is 95.8 Å². The predicted molar refractivity (Wildman–Crippen MR) is 200 cm³/mol. The molecule has 5 N–H and O–H groups in total. The topological polar surface area (TPSA) is 133 Å². The first-order valence-corrected chi connectivity index (χ1v) is 18.0. The normalized spacial score (nSPS) is 13.9. The number of benzene rings is 3. The molecule has 3 amide bonds. The van der Waals surface area contributed by atoms with E-state index in [0.717, 1.165) is 62.1 Å². The van der Waals surface area contributed by atoms with Gasteiger partial charge in [0.2, 0.25) is 5.06 Å². The van der Waals surface area contributed by atoms with E-state index < -0.39 is 0 Å². The molecule has 0 radical (unpaired) electrons. The SMILES string of the molecule is CCC(CC)NC(=O)Nc1ccc(Oc2cnc(NC(=O)c3ccc(-n4cc(CN5CCC(O)CC5)c5ccccc54)cc3)s2)c(CNC)c1. The molecule has 6 rings (SSSR count). The first kappa shape index (κ1) is 35.1. The van der Waals surface area contributed by atoms with Crippen molar-refractivity contribution in [3.63, 3.8) is 0 Å². The summed E-state index contributed by atoms with van der Waals surface area (Å²) in [5, 5.41) is 24.0. The van der Waals surface area contributed by atoms with Crippen LogP contribution in [0.15, 0.2) is 79.1 Å². The highest BCUT2D eigenvalue weighted by atomic mass is 32.1. The number of nitrogens with zero attached hydrogens (tertiary/aromatic N) is 3. The zero-order chi connectivity index (χ0) is 35.0. The molecule has 0 saturated carbocycles. The minimum absolute atomic E-state index is 0.126. The number of anilines is 2. The molecule has 12 heteroatoms. The molecule has 50 heavy (non-hydrogen) atoms. The van der Waals surface area contributed by atoms with Crippen molar-refractivity contribution in [1.82, 2.24) is 25.1 Å². The van der Waals surface area contributed by atoms with Crippen LogP contribution in [-0.2, 0) is 13.1 Å². The maximum absolute atomic E-state index is 13.2. The molecule has 1 saturated heterocycles. The molecular formula is C38H45N7O4S. The third kappa shape index (κ3) is 8.51. The van der Waals surface area contributed by atoms with Crippen LogP contribution >= 0.6 is 11.3 Å². The van der Waals surface area contributed by atoms with E-state index in [-0.39, 0.29) is 24.1 Å². The second-order valence-electron chi connectivity index (χ2n) is 12.6. The maximum atomic E-state index is 13.2. The monoisotopic (exact) mass is 695 g/mol. The van der Waals surface area contributed by atoms with Gasteiger partial charge in [-0.25, -0.2) is 9.78 Å². The van der Waals surface area contributed by atoms with Crippen molar-refractivity contribution in [3.8, 4) is 16.5 Å². The third-order valence-electron chi connectivity index (χ3n) is 9.08. The first-order valence-electron chi connectivity index (χ1n) is 17.2. The second kappa shape index (κ2) is 16.3. The van der Waals surface area contributed by atoms with E-state index in [9.17, 15) is 14.7 Å². The molecule has 0 unspecified atom stereocenters. The summed E-state index contributed by atoms with van der Waals surface area (Å²) in [6.45, 7) is 7.23. The minimum Gasteiger partial charge on any atom is -0.445 e. The third-order valence-corrected chi connectivity index (χ3v) is 9.87. The number of amides is 3. The Morgan fingerprint density at radius 1 is 1.00 bits per heavy atom. The molecule has 3 aromatic carbocycles. The van der Waals surface area contributed by atoms with E-state index in [4.69, 9.17) is 4.74 Å². The van der Waals surface area contributed by atoms with Crippen molar-refractivity contribution >= 4 is 45.0 Å². The molecule has 2 aromatic heterocycles. The van der Waals surface area contributed by atoms with Crippen molar-refractivity contribution < 1.29 is 19.4 Å². The van der Waals surface area contributed by atoms with Crippen molar-refractivity contribution in [2.45, 2.75) is 64.8 Å². The van der Waals surface area contributed by atoms with Crippen LogP contribution in [0.1, 0.15) is 61.0 Å². The Labute approximate surface area is 296 Å². The van der Waals surface area contributed by atoms with Gasteiger partial charge in [0.25, 0.3) is 5.91 Å². The van der Waals surface area contributed by atoms with Gasteiger partial charge < -0.3 is 30.4 Å². The van der Waals surface area contributed by atoms with Gasteiger partial charge in [0.05, 0.1) is 17.8 Å². The molecule has 11 nitrogen and oxygen atoms in total. The lowest BCUT2D eigenvalue weighted by Crippen LogP contribution is -2.37. The van der Waals surface area contributed by atoms with Crippen LogP contribution in [0.4, 0.5) is 15.6 Å². The highest BCUT2D eigenvalue weighted by Gasteiger charge is 2.20. The molecule has 0 aliphatic carbocycles. The average Bonchev–Trinajstić information content (AvgIpc) is 3.73. The average molecular weight is 696 g/mol. The number of nitrogens with one attached hydrogen (secondary N) is 4. The van der Waals surface area contributed by atoms with E-state index in [0.29, 0.717) is 33.7 Å². The van der Waals surface area contributed by atoms with Crippen LogP contribution in [0.25, 0.3) is 16.6 Å². The highest BCUT2D eigenvalue weighted by Crippen LogP contribution is 2.34. The number of aromatic nitrogens is 2. The molecule has 1 fully saturated rings. The van der Waals surface area contributed by atoms with Gasteiger partial charge in [-0.2, -0.15) is 0 Å². The molecule has 0 bridgehead atoms. The Bertz CT molecular complexity index is 1910. The summed E-state index contributed by atoms with van der Waals surface area (Å²) in [6, 6.07) is 21.3. The maximum Gasteiger partial charge on any atom is 0.319 e. The van der Waals surface area contributed by atoms with E-state index in [2.05, 4.69) is 60.1 Å². The number of hydrogen-bond acceptors (Lipinski definition) is 8. The zero-order valence-corrected chi connectivity index (χ0v) is 29.6. The molecule has 1 aliphatic heterocycles. The number of aliphatic hydroxyl groups excluding tert-OH is 1. The summed E-state index contributed by atoms with van der Waals surface area (Å²) in [5.41, 5.74) is 5.36. The number of thiazole rings is 1. The lowest BCUT2D eigenvalue weighted by atomic mass is 10.1. The molecule has 3 heterocycles. The van der Waals surface area contributed by atoms with Gasteiger partial charge >= 0.3 is 6.03 Å². The van der Waals surface area contributed by atoms with Gasteiger partial charge in [-0.05, 0) is 86.8 Å². The van der Waals surface area contributed by atoms with Gasteiger partial charge in [-0.3, -0.25) is 15.0 Å². The minimum atomic E-state index is -0.263. The van der Waals surface area contributed by atoms with Gasteiger partial charge in [0.1, 0.15) is 5.75 Å². The number of urea groups is 1. The summed E-state index contributed by atoms with van der Waals surface area (Å²) in [6.07, 6.45) is 6.92. The van der Waals surface area contributed by atoms with Crippen LogP contribution in [0, 0.1) is 0 Å². The summed E-state index contributed by atoms with van der Waals surface area (Å²) in [7, 11) is 1.85.